The van der Waals surface area contributed by atoms with Gasteiger partial charge in [-0.3, -0.25) is 4.90 Å². The third-order valence-corrected chi connectivity index (χ3v) is 5.70. The van der Waals surface area contributed by atoms with Crippen LogP contribution < -0.4 is 10.6 Å². The first-order valence-electron chi connectivity index (χ1n) is 9.58. The molecular weight excluding hydrogens is 336 g/mol. The fourth-order valence-corrected chi connectivity index (χ4v) is 4.43. The van der Waals surface area contributed by atoms with Gasteiger partial charge in [0, 0.05) is 30.4 Å². The highest BCUT2D eigenvalue weighted by Gasteiger charge is 2.40. The van der Waals surface area contributed by atoms with Crippen molar-refractivity contribution in [2.45, 2.75) is 50.4 Å². The average molecular weight is 360 g/mol. The third kappa shape index (κ3) is 4.12. The predicted octanol–water partition coefficient (Wildman–Crippen LogP) is 3.88. The Hall–Kier alpha value is -2.84. The maximum Gasteiger partial charge on any atom is 0.319 e. The summed E-state index contributed by atoms with van der Waals surface area (Å²) in [6, 6.07) is 20.8. The molecule has 2 saturated heterocycles. The largest absolute Gasteiger partial charge is 0.335 e. The number of nitrogens with one attached hydrogen (secondary N) is 2. The highest BCUT2D eigenvalue weighted by atomic mass is 16.2. The van der Waals surface area contributed by atoms with Gasteiger partial charge in [-0.1, -0.05) is 30.3 Å². The van der Waals surface area contributed by atoms with Crippen molar-refractivity contribution in [3.8, 4) is 6.07 Å². The third-order valence-electron chi connectivity index (χ3n) is 5.70. The van der Waals surface area contributed by atoms with E-state index in [1.54, 1.807) is 24.3 Å². The van der Waals surface area contributed by atoms with Crippen molar-refractivity contribution in [2.75, 3.05) is 5.32 Å². The van der Waals surface area contributed by atoms with Crippen molar-refractivity contribution < 1.29 is 4.79 Å². The fraction of sp³-hybridized carbons (Fsp3) is 0.364. The molecule has 5 nitrogen and oxygen atoms in total. The minimum absolute atomic E-state index is 0.166. The van der Waals surface area contributed by atoms with E-state index in [0.717, 1.165) is 19.4 Å². The number of benzene rings is 2. The number of amides is 2. The fourth-order valence-electron chi connectivity index (χ4n) is 4.43. The van der Waals surface area contributed by atoms with E-state index >= 15 is 0 Å². The molecule has 2 aromatic rings. The maximum atomic E-state index is 12.3. The zero-order chi connectivity index (χ0) is 18.6. The summed E-state index contributed by atoms with van der Waals surface area (Å²) in [6.45, 7) is 1.00. The molecule has 2 aromatic carbocycles. The molecule has 2 bridgehead atoms. The van der Waals surface area contributed by atoms with Gasteiger partial charge in [-0.15, -0.1) is 0 Å². The summed E-state index contributed by atoms with van der Waals surface area (Å²) in [5.41, 5.74) is 2.65. The SMILES string of the molecule is N#Cc1ccc(NC(=O)NC2C[C@H]3CC[C@@H](C2)N3Cc2ccccc2)cc1. The Balaban J connectivity index is 1.31. The van der Waals surface area contributed by atoms with Crippen molar-refractivity contribution in [3.05, 3.63) is 65.7 Å². The van der Waals surface area contributed by atoms with E-state index in [9.17, 15) is 4.79 Å². The van der Waals surface area contributed by atoms with E-state index in [1.807, 2.05) is 0 Å². The van der Waals surface area contributed by atoms with Crippen LogP contribution in [-0.4, -0.2) is 29.1 Å². The van der Waals surface area contributed by atoms with Crippen molar-refractivity contribution in [2.24, 2.45) is 0 Å². The number of hydrogen-bond donors (Lipinski definition) is 2. The molecule has 2 heterocycles. The quantitative estimate of drug-likeness (QED) is 0.869. The number of hydrogen-bond acceptors (Lipinski definition) is 3. The molecule has 2 amide bonds. The summed E-state index contributed by atoms with van der Waals surface area (Å²) in [5.74, 6) is 0. The summed E-state index contributed by atoms with van der Waals surface area (Å²) in [6.07, 6.45) is 4.44. The van der Waals surface area contributed by atoms with Crippen LogP contribution in [0.5, 0.6) is 0 Å². The van der Waals surface area contributed by atoms with E-state index in [1.165, 1.54) is 18.4 Å². The number of piperidine rings is 1. The summed E-state index contributed by atoms with van der Waals surface area (Å²) >= 11 is 0. The second-order valence-corrected chi connectivity index (χ2v) is 7.50. The molecule has 5 heteroatoms. The first-order chi connectivity index (χ1) is 13.2. The van der Waals surface area contributed by atoms with E-state index in [0.29, 0.717) is 23.3 Å². The van der Waals surface area contributed by atoms with E-state index in [4.69, 9.17) is 5.26 Å². The first kappa shape index (κ1) is 17.6. The summed E-state index contributed by atoms with van der Waals surface area (Å²) < 4.78 is 0. The molecule has 4 rings (SSSR count). The van der Waals surface area contributed by atoms with E-state index in [-0.39, 0.29) is 12.1 Å². The van der Waals surface area contributed by atoms with E-state index < -0.39 is 0 Å². The summed E-state index contributed by atoms with van der Waals surface area (Å²) in [5, 5.41) is 14.9. The second kappa shape index (κ2) is 7.81. The number of nitrogens with zero attached hydrogens (tertiary/aromatic N) is 2. The van der Waals surface area contributed by atoms with Crippen LogP contribution in [-0.2, 0) is 6.54 Å². The molecule has 3 atom stereocenters. The molecule has 0 radical (unpaired) electrons. The molecule has 0 spiro atoms. The smallest absolute Gasteiger partial charge is 0.319 e. The molecule has 0 aromatic heterocycles. The lowest BCUT2D eigenvalue weighted by atomic mass is 9.96. The van der Waals surface area contributed by atoms with Crippen LogP contribution in [0.4, 0.5) is 10.5 Å². The van der Waals surface area contributed by atoms with Gasteiger partial charge in [0.15, 0.2) is 0 Å². The number of carbonyl (C=O) groups excluding carboxylic acids is 1. The Morgan fingerprint density at radius 1 is 1.04 bits per heavy atom. The monoisotopic (exact) mass is 360 g/mol. The highest BCUT2D eigenvalue weighted by Crippen LogP contribution is 2.36. The van der Waals surface area contributed by atoms with Crippen LogP contribution in [0.1, 0.15) is 36.8 Å². The molecule has 2 N–H and O–H groups in total. The number of rotatable bonds is 4. The molecule has 2 aliphatic heterocycles. The highest BCUT2D eigenvalue weighted by molar-refractivity contribution is 5.89. The molecule has 0 aliphatic carbocycles. The van der Waals surface area contributed by atoms with Crippen LogP contribution in [0.2, 0.25) is 0 Å². The van der Waals surface area contributed by atoms with Crippen molar-refractivity contribution in [1.29, 1.82) is 5.26 Å². The van der Waals surface area contributed by atoms with Crippen LogP contribution in [0.25, 0.3) is 0 Å². The van der Waals surface area contributed by atoms with Crippen LogP contribution in [0, 0.1) is 11.3 Å². The van der Waals surface area contributed by atoms with Gasteiger partial charge in [-0.25, -0.2) is 4.79 Å². The Morgan fingerprint density at radius 3 is 2.33 bits per heavy atom. The lowest BCUT2D eigenvalue weighted by Gasteiger charge is -2.39. The maximum absolute atomic E-state index is 12.3. The van der Waals surface area contributed by atoms with Crippen molar-refractivity contribution in [3.63, 3.8) is 0 Å². The second-order valence-electron chi connectivity index (χ2n) is 7.50. The Bertz CT molecular complexity index is 814. The molecule has 138 valence electrons. The molecule has 27 heavy (non-hydrogen) atoms. The number of carbonyl (C=O) groups is 1. The van der Waals surface area contributed by atoms with Crippen LogP contribution in [0.3, 0.4) is 0 Å². The summed E-state index contributed by atoms with van der Waals surface area (Å²) in [7, 11) is 0. The Morgan fingerprint density at radius 2 is 1.70 bits per heavy atom. The van der Waals surface area contributed by atoms with Crippen molar-refractivity contribution in [1.82, 2.24) is 10.2 Å². The zero-order valence-corrected chi connectivity index (χ0v) is 15.3. The van der Waals surface area contributed by atoms with Gasteiger partial charge in [0.2, 0.25) is 0 Å². The molecule has 1 unspecified atom stereocenters. The van der Waals surface area contributed by atoms with Gasteiger partial charge in [0.05, 0.1) is 11.6 Å². The average Bonchev–Trinajstić information content (AvgIpc) is 2.91. The Kier molecular flexibility index (Phi) is 5.08. The number of fused-ring (bicyclic) bond motifs is 2. The minimum Gasteiger partial charge on any atom is -0.335 e. The number of anilines is 1. The van der Waals surface area contributed by atoms with Gasteiger partial charge >= 0.3 is 6.03 Å². The van der Waals surface area contributed by atoms with Crippen LogP contribution in [0.15, 0.2) is 54.6 Å². The van der Waals surface area contributed by atoms with Gasteiger partial charge in [0.1, 0.15) is 0 Å². The first-order valence-corrected chi connectivity index (χ1v) is 9.58. The zero-order valence-electron chi connectivity index (χ0n) is 15.3. The molecule has 2 aliphatic rings. The molecule has 2 fully saturated rings. The van der Waals surface area contributed by atoms with Crippen molar-refractivity contribution >= 4 is 11.7 Å². The van der Waals surface area contributed by atoms with Gasteiger partial charge < -0.3 is 10.6 Å². The minimum atomic E-state index is -0.166. The van der Waals surface area contributed by atoms with Crippen LogP contribution >= 0.6 is 0 Å². The number of urea groups is 1. The molecule has 0 saturated carbocycles. The lowest BCUT2D eigenvalue weighted by Crippen LogP contribution is -2.50. The normalized spacial score (nSPS) is 24.2. The van der Waals surface area contributed by atoms with E-state index in [2.05, 4.69) is 51.9 Å². The number of nitriles is 1. The lowest BCUT2D eigenvalue weighted by molar-refractivity contribution is 0.112. The Labute approximate surface area is 160 Å². The van der Waals surface area contributed by atoms with Gasteiger partial charge in [-0.2, -0.15) is 5.26 Å². The topological polar surface area (TPSA) is 68.2 Å². The predicted molar refractivity (Wildman–Crippen MR) is 105 cm³/mol. The molecular formula is C22H24N4O. The van der Waals surface area contributed by atoms with Gasteiger partial charge in [-0.05, 0) is 55.5 Å². The standard InChI is InChI=1S/C22H24N4O/c23-14-16-6-8-18(9-7-16)24-22(27)25-19-12-20-10-11-21(13-19)26(20)15-17-4-2-1-3-5-17/h1-9,19-21H,10-13,15H2,(H2,24,25,27)/t19?,20-,21+. The summed E-state index contributed by atoms with van der Waals surface area (Å²) in [4.78, 5) is 15.0. The van der Waals surface area contributed by atoms with Gasteiger partial charge in [0.25, 0.3) is 0 Å².